The maximum absolute atomic E-state index is 12.5. The van der Waals surface area contributed by atoms with Crippen LogP contribution in [0.3, 0.4) is 0 Å². The van der Waals surface area contributed by atoms with Gasteiger partial charge in [0.25, 0.3) is 0 Å². The Morgan fingerprint density at radius 2 is 1.75 bits per heavy atom. The van der Waals surface area contributed by atoms with Crippen LogP contribution in [0.2, 0.25) is 0 Å². The van der Waals surface area contributed by atoms with Gasteiger partial charge in [0.2, 0.25) is 0 Å². The number of nitrogen functional groups attached to an aromatic ring is 2. The third kappa shape index (κ3) is 6.87. The van der Waals surface area contributed by atoms with E-state index in [1.807, 2.05) is 0 Å². The molecule has 0 heterocycles. The first kappa shape index (κ1) is 23.4. The van der Waals surface area contributed by atoms with Gasteiger partial charge in [0.05, 0.1) is 5.92 Å². The van der Waals surface area contributed by atoms with Crippen molar-refractivity contribution in [2.45, 2.75) is 52.1 Å². The molecule has 2 aromatic rings. The summed E-state index contributed by atoms with van der Waals surface area (Å²) in [5.41, 5.74) is 14.1. The van der Waals surface area contributed by atoms with Crippen molar-refractivity contribution in [2.24, 2.45) is 11.8 Å². The van der Waals surface area contributed by atoms with E-state index in [2.05, 4.69) is 6.92 Å². The molecule has 0 unspecified atom stereocenters. The molecule has 170 valence electrons. The van der Waals surface area contributed by atoms with Crippen LogP contribution in [0, 0.1) is 11.8 Å². The van der Waals surface area contributed by atoms with Crippen molar-refractivity contribution in [3.63, 3.8) is 0 Å². The van der Waals surface area contributed by atoms with Crippen molar-refractivity contribution in [3.8, 4) is 5.75 Å². The highest BCUT2D eigenvalue weighted by Crippen LogP contribution is 2.32. The van der Waals surface area contributed by atoms with E-state index in [-0.39, 0.29) is 18.5 Å². The van der Waals surface area contributed by atoms with E-state index in [1.165, 1.54) is 18.9 Å². The van der Waals surface area contributed by atoms with Crippen LogP contribution in [0.25, 0.3) is 6.08 Å². The summed E-state index contributed by atoms with van der Waals surface area (Å²) in [5, 5.41) is 0. The SMILES string of the molecule is CCCC1CCC(C(=O)Oc2ccc(C=CC(=O)OCc3cc(N)ccc3N)cc2)CC1. The fraction of sp³-hybridized carbons (Fsp3) is 0.385. The summed E-state index contributed by atoms with van der Waals surface area (Å²) in [7, 11) is 0. The lowest BCUT2D eigenvalue weighted by Gasteiger charge is -2.26. The van der Waals surface area contributed by atoms with Crippen LogP contribution in [0.4, 0.5) is 11.4 Å². The highest BCUT2D eigenvalue weighted by molar-refractivity contribution is 5.87. The number of esters is 2. The second-order valence-corrected chi connectivity index (χ2v) is 8.40. The van der Waals surface area contributed by atoms with Crippen molar-refractivity contribution in [3.05, 3.63) is 59.7 Å². The number of carbonyl (C=O) groups excluding carboxylic acids is 2. The zero-order chi connectivity index (χ0) is 22.9. The number of rotatable bonds is 8. The van der Waals surface area contributed by atoms with Gasteiger partial charge in [-0.2, -0.15) is 0 Å². The van der Waals surface area contributed by atoms with Crippen LogP contribution in [-0.4, -0.2) is 11.9 Å². The lowest BCUT2D eigenvalue weighted by Crippen LogP contribution is -2.25. The van der Waals surface area contributed by atoms with Crippen LogP contribution in [-0.2, 0) is 20.9 Å². The van der Waals surface area contributed by atoms with E-state index in [9.17, 15) is 9.59 Å². The smallest absolute Gasteiger partial charge is 0.331 e. The zero-order valence-corrected chi connectivity index (χ0v) is 18.6. The van der Waals surface area contributed by atoms with Gasteiger partial charge < -0.3 is 20.9 Å². The zero-order valence-electron chi connectivity index (χ0n) is 18.6. The van der Waals surface area contributed by atoms with Crippen molar-refractivity contribution in [1.82, 2.24) is 0 Å². The maximum atomic E-state index is 12.5. The molecule has 0 amide bonds. The summed E-state index contributed by atoms with van der Waals surface area (Å²) < 4.78 is 10.8. The Morgan fingerprint density at radius 3 is 2.44 bits per heavy atom. The standard InChI is InChI=1S/C26H32N2O4/c1-2-3-18-4-9-20(10-5-18)26(30)32-23-12-6-19(7-13-23)8-15-25(29)31-17-21-16-22(27)11-14-24(21)28/h6-8,11-16,18,20H,2-5,9-10,17,27-28H2,1H3. The largest absolute Gasteiger partial charge is 0.458 e. The molecule has 1 fully saturated rings. The molecule has 6 nitrogen and oxygen atoms in total. The Balaban J connectivity index is 1.45. The molecule has 0 spiro atoms. The summed E-state index contributed by atoms with van der Waals surface area (Å²) in [4.78, 5) is 24.4. The first-order chi connectivity index (χ1) is 15.4. The Hall–Kier alpha value is -3.28. The van der Waals surface area contributed by atoms with Gasteiger partial charge in [-0.25, -0.2) is 4.79 Å². The van der Waals surface area contributed by atoms with Gasteiger partial charge in [0.1, 0.15) is 12.4 Å². The molecule has 2 aromatic carbocycles. The molecule has 0 saturated heterocycles. The van der Waals surface area contributed by atoms with Crippen LogP contribution < -0.4 is 16.2 Å². The number of hydrogen-bond acceptors (Lipinski definition) is 6. The lowest BCUT2D eigenvalue weighted by atomic mass is 9.80. The monoisotopic (exact) mass is 436 g/mol. The average molecular weight is 437 g/mol. The van der Waals surface area contributed by atoms with Crippen LogP contribution in [0.15, 0.2) is 48.5 Å². The molecule has 3 rings (SSSR count). The van der Waals surface area contributed by atoms with Gasteiger partial charge >= 0.3 is 11.9 Å². The second-order valence-electron chi connectivity index (χ2n) is 8.40. The van der Waals surface area contributed by atoms with Crippen LogP contribution >= 0.6 is 0 Å². The number of benzene rings is 2. The summed E-state index contributed by atoms with van der Waals surface area (Å²) >= 11 is 0. The number of ether oxygens (including phenoxy) is 2. The molecule has 1 aliphatic carbocycles. The third-order valence-electron chi connectivity index (χ3n) is 5.92. The molecule has 1 aliphatic rings. The van der Waals surface area contributed by atoms with E-state index in [4.69, 9.17) is 20.9 Å². The van der Waals surface area contributed by atoms with Crippen LogP contribution in [0.1, 0.15) is 56.6 Å². The second kappa shape index (κ2) is 11.4. The molecule has 1 saturated carbocycles. The van der Waals surface area contributed by atoms with E-state index in [0.29, 0.717) is 22.7 Å². The summed E-state index contributed by atoms with van der Waals surface area (Å²) in [6, 6.07) is 12.1. The van der Waals surface area contributed by atoms with Gasteiger partial charge in [-0.3, -0.25) is 4.79 Å². The molecule has 0 atom stereocenters. The first-order valence-corrected chi connectivity index (χ1v) is 11.2. The summed E-state index contributed by atoms with van der Waals surface area (Å²) in [6.45, 7) is 2.26. The van der Waals surface area contributed by atoms with Crippen LogP contribution in [0.5, 0.6) is 5.75 Å². The summed E-state index contributed by atoms with van der Waals surface area (Å²) in [5.74, 6) is 0.632. The number of hydrogen-bond donors (Lipinski definition) is 2. The molecule has 0 bridgehead atoms. The van der Waals surface area contributed by atoms with Crippen molar-refractivity contribution in [1.29, 1.82) is 0 Å². The number of anilines is 2. The maximum Gasteiger partial charge on any atom is 0.331 e. The molecule has 0 aromatic heterocycles. The van der Waals surface area contributed by atoms with Gasteiger partial charge in [-0.15, -0.1) is 0 Å². The van der Waals surface area contributed by atoms with E-state index >= 15 is 0 Å². The Morgan fingerprint density at radius 1 is 1.03 bits per heavy atom. The van der Waals surface area contributed by atoms with E-state index < -0.39 is 5.97 Å². The normalized spacial score (nSPS) is 18.4. The molecule has 4 N–H and O–H groups in total. The minimum absolute atomic E-state index is 0.00792. The van der Waals surface area contributed by atoms with Gasteiger partial charge in [-0.1, -0.05) is 31.9 Å². The van der Waals surface area contributed by atoms with E-state index in [0.717, 1.165) is 37.2 Å². The predicted octanol–water partition coefficient (Wildman–Crippen LogP) is 5.12. The van der Waals surface area contributed by atoms with Crippen molar-refractivity contribution >= 4 is 29.4 Å². The highest BCUT2D eigenvalue weighted by Gasteiger charge is 2.27. The van der Waals surface area contributed by atoms with Gasteiger partial charge in [0, 0.05) is 23.0 Å². The van der Waals surface area contributed by atoms with E-state index in [1.54, 1.807) is 48.5 Å². The topological polar surface area (TPSA) is 105 Å². The average Bonchev–Trinajstić information content (AvgIpc) is 2.80. The molecule has 32 heavy (non-hydrogen) atoms. The molecular weight excluding hydrogens is 404 g/mol. The Bertz CT molecular complexity index is 945. The van der Waals surface area contributed by atoms with Gasteiger partial charge in [0.15, 0.2) is 0 Å². The molecular formula is C26H32N2O4. The third-order valence-corrected chi connectivity index (χ3v) is 5.92. The minimum Gasteiger partial charge on any atom is -0.458 e. The Labute approximate surface area is 189 Å². The quantitative estimate of drug-likeness (QED) is 0.258. The molecule has 6 heteroatoms. The number of carbonyl (C=O) groups is 2. The fourth-order valence-corrected chi connectivity index (χ4v) is 4.05. The first-order valence-electron chi connectivity index (χ1n) is 11.2. The summed E-state index contributed by atoms with van der Waals surface area (Å²) in [6.07, 6.45) is 9.48. The lowest BCUT2D eigenvalue weighted by molar-refractivity contribution is -0.140. The molecule has 0 aliphatic heterocycles. The van der Waals surface area contributed by atoms with Gasteiger partial charge in [-0.05, 0) is 73.6 Å². The highest BCUT2D eigenvalue weighted by atomic mass is 16.5. The minimum atomic E-state index is -0.485. The van der Waals surface area contributed by atoms with Crippen molar-refractivity contribution < 1.29 is 19.1 Å². The fourth-order valence-electron chi connectivity index (χ4n) is 4.05. The number of nitrogens with two attached hydrogens (primary N) is 2. The predicted molar refractivity (Wildman–Crippen MR) is 127 cm³/mol. The molecule has 0 radical (unpaired) electrons. The van der Waals surface area contributed by atoms with Crippen molar-refractivity contribution in [2.75, 3.05) is 11.5 Å². The Kier molecular flexibility index (Phi) is 8.31.